The molecule has 0 fully saturated rings. The lowest BCUT2D eigenvalue weighted by atomic mass is 10.1. The monoisotopic (exact) mass is 305 g/mol. The number of aliphatic hydroxyl groups is 1. The molecule has 2 rings (SSSR count). The van der Waals surface area contributed by atoms with Crippen LogP contribution in [-0.2, 0) is 6.42 Å². The van der Waals surface area contributed by atoms with E-state index in [2.05, 4.69) is 15.6 Å². The standard InChI is InChI=1S/C15H19N3O2S/c1-11-9-17-14(21-11)7-8-16-15(20)18-13(10-19)12-5-3-2-4-6-12/h2-6,9,13,19H,7-8,10H2,1H3,(H2,16,18,20). The Balaban J connectivity index is 1.78. The molecule has 1 unspecified atom stereocenters. The van der Waals surface area contributed by atoms with Crippen molar-refractivity contribution < 1.29 is 9.90 Å². The van der Waals surface area contributed by atoms with Gasteiger partial charge < -0.3 is 15.7 Å². The van der Waals surface area contributed by atoms with Gasteiger partial charge in [0.1, 0.15) is 0 Å². The molecule has 1 heterocycles. The van der Waals surface area contributed by atoms with Crippen molar-refractivity contribution in [2.24, 2.45) is 0 Å². The number of benzene rings is 1. The first-order valence-corrected chi connectivity index (χ1v) is 7.62. The van der Waals surface area contributed by atoms with E-state index in [-0.39, 0.29) is 12.6 Å². The molecular formula is C15H19N3O2S. The van der Waals surface area contributed by atoms with Crippen LogP contribution >= 0.6 is 11.3 Å². The average molecular weight is 305 g/mol. The van der Waals surface area contributed by atoms with Gasteiger partial charge in [-0.15, -0.1) is 11.3 Å². The Morgan fingerprint density at radius 2 is 2.14 bits per heavy atom. The van der Waals surface area contributed by atoms with Gasteiger partial charge in [0.05, 0.1) is 17.7 Å². The molecule has 2 aromatic rings. The zero-order valence-corrected chi connectivity index (χ0v) is 12.7. The molecule has 0 saturated carbocycles. The van der Waals surface area contributed by atoms with Crippen molar-refractivity contribution in [3.8, 4) is 0 Å². The Hall–Kier alpha value is -1.92. The first-order valence-electron chi connectivity index (χ1n) is 6.80. The zero-order valence-electron chi connectivity index (χ0n) is 11.9. The highest BCUT2D eigenvalue weighted by molar-refractivity contribution is 7.11. The van der Waals surface area contributed by atoms with Crippen LogP contribution in [0.1, 0.15) is 21.5 Å². The van der Waals surface area contributed by atoms with Crippen molar-refractivity contribution in [3.63, 3.8) is 0 Å². The normalized spacial score (nSPS) is 11.9. The predicted molar refractivity (Wildman–Crippen MR) is 83.4 cm³/mol. The van der Waals surface area contributed by atoms with Crippen LogP contribution in [0.4, 0.5) is 4.79 Å². The summed E-state index contributed by atoms with van der Waals surface area (Å²) in [6.07, 6.45) is 2.54. The molecule has 0 saturated heterocycles. The third kappa shape index (κ3) is 4.84. The van der Waals surface area contributed by atoms with Crippen LogP contribution in [0.3, 0.4) is 0 Å². The summed E-state index contributed by atoms with van der Waals surface area (Å²) in [4.78, 5) is 17.2. The van der Waals surface area contributed by atoms with Crippen LogP contribution in [0.15, 0.2) is 36.5 Å². The van der Waals surface area contributed by atoms with Gasteiger partial charge in [-0.05, 0) is 12.5 Å². The van der Waals surface area contributed by atoms with Crippen molar-refractivity contribution in [2.75, 3.05) is 13.2 Å². The minimum Gasteiger partial charge on any atom is -0.394 e. The zero-order chi connectivity index (χ0) is 15.1. The summed E-state index contributed by atoms with van der Waals surface area (Å²) in [6, 6.07) is 8.72. The summed E-state index contributed by atoms with van der Waals surface area (Å²) in [5.74, 6) is 0. The van der Waals surface area contributed by atoms with Gasteiger partial charge in [-0.1, -0.05) is 30.3 Å². The second kappa shape index (κ2) is 7.75. The molecule has 0 aliphatic heterocycles. The summed E-state index contributed by atoms with van der Waals surface area (Å²) >= 11 is 1.63. The van der Waals surface area contributed by atoms with Crippen molar-refractivity contribution in [1.29, 1.82) is 0 Å². The van der Waals surface area contributed by atoms with Gasteiger partial charge in [0, 0.05) is 24.0 Å². The summed E-state index contributed by atoms with van der Waals surface area (Å²) < 4.78 is 0. The molecule has 1 aromatic carbocycles. The van der Waals surface area contributed by atoms with E-state index < -0.39 is 6.04 Å². The number of aryl methyl sites for hydroxylation is 1. The van der Waals surface area contributed by atoms with E-state index in [1.807, 2.05) is 43.5 Å². The molecule has 0 bridgehead atoms. The summed E-state index contributed by atoms with van der Waals surface area (Å²) in [6.45, 7) is 2.39. The quantitative estimate of drug-likeness (QED) is 0.764. The molecule has 3 N–H and O–H groups in total. The van der Waals surface area contributed by atoms with E-state index in [0.717, 1.165) is 10.6 Å². The number of carbonyl (C=O) groups excluding carboxylic acids is 1. The summed E-state index contributed by atoms with van der Waals surface area (Å²) in [5.41, 5.74) is 0.880. The fraction of sp³-hybridized carbons (Fsp3) is 0.333. The number of urea groups is 1. The van der Waals surface area contributed by atoms with Gasteiger partial charge in [-0.3, -0.25) is 0 Å². The Morgan fingerprint density at radius 1 is 1.38 bits per heavy atom. The van der Waals surface area contributed by atoms with Crippen LogP contribution in [0.2, 0.25) is 0 Å². The van der Waals surface area contributed by atoms with Crippen molar-refractivity contribution in [2.45, 2.75) is 19.4 Å². The second-order valence-corrected chi connectivity index (χ2v) is 5.98. The number of aliphatic hydroxyl groups excluding tert-OH is 1. The van der Waals surface area contributed by atoms with Gasteiger partial charge in [-0.25, -0.2) is 9.78 Å². The lowest BCUT2D eigenvalue weighted by Crippen LogP contribution is -2.40. The molecule has 0 spiro atoms. The van der Waals surface area contributed by atoms with E-state index >= 15 is 0 Å². The van der Waals surface area contributed by atoms with Gasteiger partial charge in [0.15, 0.2) is 0 Å². The Morgan fingerprint density at radius 3 is 2.76 bits per heavy atom. The number of aromatic nitrogens is 1. The summed E-state index contributed by atoms with van der Waals surface area (Å²) in [5, 5.41) is 15.9. The molecule has 0 radical (unpaired) electrons. The topological polar surface area (TPSA) is 74.2 Å². The number of carbonyl (C=O) groups is 1. The number of hydrogen-bond acceptors (Lipinski definition) is 4. The maximum atomic E-state index is 11.8. The SMILES string of the molecule is Cc1cnc(CCNC(=O)NC(CO)c2ccccc2)s1. The van der Waals surface area contributed by atoms with Gasteiger partial charge in [0.2, 0.25) is 0 Å². The Labute approximate surface area is 128 Å². The molecule has 2 amide bonds. The molecule has 5 nitrogen and oxygen atoms in total. The fourth-order valence-electron chi connectivity index (χ4n) is 1.93. The molecular weight excluding hydrogens is 286 g/mol. The van der Waals surface area contributed by atoms with E-state index in [1.165, 1.54) is 4.88 Å². The predicted octanol–water partition coefficient (Wildman–Crippen LogP) is 2.03. The van der Waals surface area contributed by atoms with Gasteiger partial charge >= 0.3 is 6.03 Å². The Kier molecular flexibility index (Phi) is 5.71. The fourth-order valence-corrected chi connectivity index (χ4v) is 2.72. The Bertz CT molecular complexity index is 571. The molecule has 0 aliphatic carbocycles. The first-order chi connectivity index (χ1) is 10.2. The number of hydrogen-bond donors (Lipinski definition) is 3. The van der Waals surface area contributed by atoms with Crippen molar-refractivity contribution in [3.05, 3.63) is 52.0 Å². The lowest BCUT2D eigenvalue weighted by molar-refractivity contribution is 0.217. The van der Waals surface area contributed by atoms with Gasteiger partial charge in [0.25, 0.3) is 0 Å². The van der Waals surface area contributed by atoms with E-state index in [0.29, 0.717) is 13.0 Å². The molecule has 1 atom stereocenters. The van der Waals surface area contributed by atoms with Gasteiger partial charge in [-0.2, -0.15) is 0 Å². The van der Waals surface area contributed by atoms with Crippen molar-refractivity contribution >= 4 is 17.4 Å². The van der Waals surface area contributed by atoms with E-state index in [4.69, 9.17) is 0 Å². The minimum absolute atomic E-state index is 0.136. The number of nitrogens with zero attached hydrogens (tertiary/aromatic N) is 1. The van der Waals surface area contributed by atoms with Crippen LogP contribution in [0.5, 0.6) is 0 Å². The van der Waals surface area contributed by atoms with Crippen molar-refractivity contribution in [1.82, 2.24) is 15.6 Å². The second-order valence-electron chi connectivity index (χ2n) is 4.66. The molecule has 6 heteroatoms. The number of nitrogens with one attached hydrogen (secondary N) is 2. The highest BCUT2D eigenvalue weighted by Gasteiger charge is 2.12. The summed E-state index contributed by atoms with van der Waals surface area (Å²) in [7, 11) is 0. The lowest BCUT2D eigenvalue weighted by Gasteiger charge is -2.17. The van der Waals surface area contributed by atoms with Crippen LogP contribution in [0, 0.1) is 6.92 Å². The third-order valence-corrected chi connectivity index (χ3v) is 3.96. The molecule has 21 heavy (non-hydrogen) atoms. The highest BCUT2D eigenvalue weighted by Crippen LogP contribution is 2.12. The maximum absolute atomic E-state index is 11.8. The first kappa shape index (κ1) is 15.5. The molecule has 112 valence electrons. The molecule has 0 aliphatic rings. The van der Waals surface area contributed by atoms with Crippen LogP contribution in [0.25, 0.3) is 0 Å². The van der Waals surface area contributed by atoms with E-state index in [1.54, 1.807) is 11.3 Å². The van der Waals surface area contributed by atoms with E-state index in [9.17, 15) is 9.90 Å². The molecule has 1 aromatic heterocycles. The minimum atomic E-state index is -0.395. The van der Waals surface area contributed by atoms with Crippen LogP contribution in [-0.4, -0.2) is 29.3 Å². The smallest absolute Gasteiger partial charge is 0.315 e. The number of thiazole rings is 1. The number of amides is 2. The largest absolute Gasteiger partial charge is 0.394 e. The highest BCUT2D eigenvalue weighted by atomic mass is 32.1. The maximum Gasteiger partial charge on any atom is 0.315 e. The average Bonchev–Trinajstić information content (AvgIpc) is 2.91. The third-order valence-electron chi connectivity index (χ3n) is 2.98. The van der Waals surface area contributed by atoms with Crippen LogP contribution < -0.4 is 10.6 Å². The number of rotatable bonds is 6.